The van der Waals surface area contributed by atoms with Crippen molar-refractivity contribution in [2.75, 3.05) is 13.7 Å². The number of aliphatic hydroxyl groups is 1. The minimum absolute atomic E-state index is 0.0772. The SMILES string of the molecule is COC(=O)c1cc(Oc2ccc3c(c2)C[C@@H](N(C[C@H](O)c2ccc(Cl)cc2)C(=O)OC(C)(C)C)CC3)ccc1Cl. The summed E-state index contributed by atoms with van der Waals surface area (Å²) in [5, 5.41) is 11.9. The summed E-state index contributed by atoms with van der Waals surface area (Å²) in [5.41, 5.74) is 2.39. The van der Waals surface area contributed by atoms with E-state index in [0.717, 1.165) is 24.0 Å². The van der Waals surface area contributed by atoms with Crippen molar-refractivity contribution in [2.45, 2.75) is 57.8 Å². The fraction of sp³-hybridized carbons (Fsp3) is 0.355. The number of carbonyl (C=O) groups is 2. The highest BCUT2D eigenvalue weighted by Gasteiger charge is 2.33. The number of aryl methyl sites for hydroxylation is 1. The summed E-state index contributed by atoms with van der Waals surface area (Å²) < 4.78 is 16.6. The Bertz CT molecular complexity index is 1370. The fourth-order valence-corrected chi connectivity index (χ4v) is 5.00. The van der Waals surface area contributed by atoms with Gasteiger partial charge in [0.15, 0.2) is 0 Å². The van der Waals surface area contributed by atoms with Gasteiger partial charge in [-0.15, -0.1) is 0 Å². The predicted molar refractivity (Wildman–Crippen MR) is 154 cm³/mol. The van der Waals surface area contributed by atoms with Crippen LogP contribution in [-0.4, -0.2) is 47.4 Å². The molecular formula is C31H33Cl2NO6. The molecule has 0 unspecified atom stereocenters. The first-order valence-electron chi connectivity index (χ1n) is 13.0. The summed E-state index contributed by atoms with van der Waals surface area (Å²) >= 11 is 12.1. The van der Waals surface area contributed by atoms with E-state index in [0.29, 0.717) is 28.5 Å². The number of esters is 1. The number of halogens is 2. The minimum atomic E-state index is -0.908. The smallest absolute Gasteiger partial charge is 0.410 e. The van der Waals surface area contributed by atoms with E-state index < -0.39 is 23.8 Å². The summed E-state index contributed by atoms with van der Waals surface area (Å²) in [7, 11) is 1.29. The van der Waals surface area contributed by atoms with Crippen molar-refractivity contribution in [2.24, 2.45) is 0 Å². The van der Waals surface area contributed by atoms with Gasteiger partial charge < -0.3 is 24.2 Å². The molecule has 0 aliphatic heterocycles. The lowest BCUT2D eigenvalue weighted by atomic mass is 9.87. The van der Waals surface area contributed by atoms with Gasteiger partial charge in [0.25, 0.3) is 0 Å². The summed E-state index contributed by atoms with van der Waals surface area (Å²) in [6.07, 6.45) is 0.657. The molecule has 0 spiro atoms. The van der Waals surface area contributed by atoms with Crippen molar-refractivity contribution < 1.29 is 28.9 Å². The molecule has 0 radical (unpaired) electrons. The van der Waals surface area contributed by atoms with Crippen LogP contribution in [0.4, 0.5) is 4.79 Å². The number of benzene rings is 3. The van der Waals surface area contributed by atoms with Crippen LogP contribution in [0, 0.1) is 0 Å². The van der Waals surface area contributed by atoms with Crippen LogP contribution in [0.2, 0.25) is 10.0 Å². The quantitative estimate of drug-likeness (QED) is 0.291. The van der Waals surface area contributed by atoms with E-state index in [1.54, 1.807) is 47.4 Å². The first kappa shape index (κ1) is 29.7. The number of methoxy groups -OCH3 is 1. The zero-order chi connectivity index (χ0) is 29.0. The van der Waals surface area contributed by atoms with Gasteiger partial charge >= 0.3 is 12.1 Å². The Morgan fingerprint density at radius 3 is 2.35 bits per heavy atom. The molecule has 0 saturated carbocycles. The molecule has 2 atom stereocenters. The van der Waals surface area contributed by atoms with Gasteiger partial charge in [-0.2, -0.15) is 0 Å². The molecule has 0 saturated heterocycles. The van der Waals surface area contributed by atoms with Crippen LogP contribution < -0.4 is 4.74 Å². The van der Waals surface area contributed by atoms with Gasteiger partial charge in [0.2, 0.25) is 0 Å². The summed E-state index contributed by atoms with van der Waals surface area (Å²) in [6, 6.07) is 17.4. The Hall–Kier alpha value is -3.26. The number of amides is 1. The Morgan fingerprint density at radius 2 is 1.68 bits per heavy atom. The predicted octanol–water partition coefficient (Wildman–Crippen LogP) is 7.40. The topological polar surface area (TPSA) is 85.3 Å². The highest BCUT2D eigenvalue weighted by molar-refractivity contribution is 6.33. The molecule has 0 bridgehead atoms. The van der Waals surface area contributed by atoms with Gasteiger partial charge in [-0.1, -0.05) is 41.4 Å². The number of hydrogen-bond acceptors (Lipinski definition) is 6. The maximum Gasteiger partial charge on any atom is 0.410 e. The van der Waals surface area contributed by atoms with Gasteiger partial charge in [-0.25, -0.2) is 9.59 Å². The Balaban J connectivity index is 1.56. The van der Waals surface area contributed by atoms with Gasteiger partial charge in [0, 0.05) is 11.1 Å². The van der Waals surface area contributed by atoms with Crippen LogP contribution in [0.15, 0.2) is 60.7 Å². The fourth-order valence-electron chi connectivity index (χ4n) is 4.68. The van der Waals surface area contributed by atoms with Crippen molar-refractivity contribution in [1.29, 1.82) is 0 Å². The van der Waals surface area contributed by atoms with Crippen molar-refractivity contribution in [3.05, 3.63) is 93.0 Å². The standard InChI is InChI=1S/C31H33Cl2NO6/c1-31(2,3)40-30(37)34(18-28(35)20-5-9-22(32)10-6-20)23-11-7-19-8-12-24(16-21(19)15-23)39-25-13-14-27(33)26(17-25)29(36)38-4/h5-6,8-10,12-14,16-17,23,28,35H,7,11,15,18H2,1-4H3/t23-,28-/m0/s1. The van der Waals surface area contributed by atoms with E-state index in [1.807, 2.05) is 39.0 Å². The number of fused-ring (bicyclic) bond motifs is 1. The van der Waals surface area contributed by atoms with Crippen molar-refractivity contribution in [1.82, 2.24) is 4.90 Å². The van der Waals surface area contributed by atoms with Crippen LogP contribution >= 0.6 is 23.2 Å². The number of aliphatic hydroxyl groups excluding tert-OH is 1. The lowest BCUT2D eigenvalue weighted by Crippen LogP contribution is -2.47. The summed E-state index contributed by atoms with van der Waals surface area (Å²) in [5.74, 6) is 0.480. The molecular weight excluding hydrogens is 553 g/mol. The van der Waals surface area contributed by atoms with E-state index in [2.05, 4.69) is 0 Å². The Labute approximate surface area is 244 Å². The molecule has 3 aromatic rings. The number of nitrogens with zero attached hydrogens (tertiary/aromatic N) is 1. The van der Waals surface area contributed by atoms with E-state index in [1.165, 1.54) is 7.11 Å². The van der Waals surface area contributed by atoms with Gasteiger partial charge in [-0.05, 0) is 99.2 Å². The molecule has 1 N–H and O–H groups in total. The number of rotatable bonds is 7. The van der Waals surface area contributed by atoms with Crippen LogP contribution in [0.3, 0.4) is 0 Å². The highest BCUT2D eigenvalue weighted by Crippen LogP contribution is 2.33. The zero-order valence-corrected chi connectivity index (χ0v) is 24.5. The summed E-state index contributed by atoms with van der Waals surface area (Å²) in [4.78, 5) is 27.0. The van der Waals surface area contributed by atoms with E-state index in [-0.39, 0.29) is 23.2 Å². The van der Waals surface area contributed by atoms with Gasteiger partial charge in [-0.3, -0.25) is 0 Å². The monoisotopic (exact) mass is 585 g/mol. The van der Waals surface area contributed by atoms with Crippen LogP contribution in [0.5, 0.6) is 11.5 Å². The molecule has 0 heterocycles. The van der Waals surface area contributed by atoms with Crippen molar-refractivity contribution >= 4 is 35.3 Å². The largest absolute Gasteiger partial charge is 0.465 e. The molecule has 0 aromatic heterocycles. The molecule has 1 aliphatic rings. The molecule has 212 valence electrons. The van der Waals surface area contributed by atoms with Crippen molar-refractivity contribution in [3.8, 4) is 11.5 Å². The van der Waals surface area contributed by atoms with Crippen molar-refractivity contribution in [3.63, 3.8) is 0 Å². The second-order valence-corrected chi connectivity index (χ2v) is 11.6. The van der Waals surface area contributed by atoms with Crippen LogP contribution in [0.1, 0.15) is 60.3 Å². The molecule has 3 aromatic carbocycles. The average molecular weight is 587 g/mol. The highest BCUT2D eigenvalue weighted by atomic mass is 35.5. The molecule has 1 aliphatic carbocycles. The number of ether oxygens (including phenoxy) is 3. The van der Waals surface area contributed by atoms with Crippen LogP contribution in [-0.2, 0) is 22.3 Å². The third kappa shape index (κ3) is 7.47. The number of hydrogen-bond donors (Lipinski definition) is 1. The normalized spacial score (nSPS) is 15.5. The maximum absolute atomic E-state index is 13.3. The molecule has 0 fully saturated rings. The third-order valence-corrected chi connectivity index (χ3v) is 7.23. The van der Waals surface area contributed by atoms with E-state index in [4.69, 9.17) is 37.4 Å². The third-order valence-electron chi connectivity index (χ3n) is 6.65. The van der Waals surface area contributed by atoms with Gasteiger partial charge in [0.1, 0.15) is 17.1 Å². The summed E-state index contributed by atoms with van der Waals surface area (Å²) in [6.45, 7) is 5.54. The first-order valence-corrected chi connectivity index (χ1v) is 13.8. The van der Waals surface area contributed by atoms with E-state index in [9.17, 15) is 14.7 Å². The Kier molecular flexibility index (Phi) is 9.29. The molecule has 40 heavy (non-hydrogen) atoms. The molecule has 1 amide bonds. The first-order chi connectivity index (χ1) is 18.9. The lowest BCUT2D eigenvalue weighted by Gasteiger charge is -2.37. The van der Waals surface area contributed by atoms with Crippen LogP contribution in [0.25, 0.3) is 0 Å². The molecule has 4 rings (SSSR count). The zero-order valence-electron chi connectivity index (χ0n) is 22.9. The minimum Gasteiger partial charge on any atom is -0.465 e. The second kappa shape index (κ2) is 12.5. The number of carbonyl (C=O) groups excluding carboxylic acids is 2. The maximum atomic E-state index is 13.3. The Morgan fingerprint density at radius 1 is 1.00 bits per heavy atom. The lowest BCUT2D eigenvalue weighted by molar-refractivity contribution is 0.00194. The second-order valence-electron chi connectivity index (χ2n) is 10.8. The van der Waals surface area contributed by atoms with E-state index >= 15 is 0 Å². The molecule has 7 nitrogen and oxygen atoms in total. The molecule has 9 heteroatoms. The van der Waals surface area contributed by atoms with Gasteiger partial charge in [0.05, 0.1) is 30.3 Å². The average Bonchev–Trinajstić information content (AvgIpc) is 2.91.